The Kier molecular flexibility index (Phi) is 4.59. The van der Waals surface area contributed by atoms with Crippen molar-refractivity contribution in [3.63, 3.8) is 0 Å². The number of rotatable bonds is 4. The van der Waals surface area contributed by atoms with E-state index in [-0.39, 0.29) is 5.71 Å². The number of ether oxygens (including phenoxy) is 1. The van der Waals surface area contributed by atoms with Crippen molar-refractivity contribution in [2.75, 3.05) is 30.0 Å². The van der Waals surface area contributed by atoms with Crippen LogP contribution in [0, 0.1) is 0 Å². The molecule has 0 amide bonds. The number of methoxy groups -OCH3 is 1. The van der Waals surface area contributed by atoms with Crippen molar-refractivity contribution in [3.8, 4) is 0 Å². The molecule has 0 aliphatic carbocycles. The molecule has 3 rings (SSSR count). The molecule has 1 fully saturated rings. The van der Waals surface area contributed by atoms with E-state index in [2.05, 4.69) is 4.79 Å². The molecule has 24 heavy (non-hydrogen) atoms. The maximum Gasteiger partial charge on any atom is 0.421 e. The van der Waals surface area contributed by atoms with Crippen molar-refractivity contribution in [3.05, 3.63) is 66.2 Å². The minimum Gasteiger partial charge on any atom is -0.460 e. The van der Waals surface area contributed by atoms with Gasteiger partial charge in [0.25, 0.3) is 0 Å². The van der Waals surface area contributed by atoms with Crippen LogP contribution in [-0.4, -0.2) is 42.8 Å². The highest BCUT2D eigenvalue weighted by Crippen LogP contribution is 2.28. The molecule has 0 N–H and O–H groups in total. The quantitative estimate of drug-likeness (QED) is 0.374. The fourth-order valence-electron chi connectivity index (χ4n) is 3.01. The van der Waals surface area contributed by atoms with Crippen LogP contribution < -0.4 is 9.80 Å². The lowest BCUT2D eigenvalue weighted by atomic mass is 10.2. The molecule has 2 aromatic rings. The first-order valence-corrected chi connectivity index (χ1v) is 7.70. The van der Waals surface area contributed by atoms with Crippen LogP contribution in [0.2, 0.25) is 0 Å². The zero-order valence-electron chi connectivity index (χ0n) is 13.4. The van der Waals surface area contributed by atoms with Gasteiger partial charge in [0.05, 0.1) is 7.11 Å². The molecule has 0 bridgehead atoms. The monoisotopic (exact) mass is 322 g/mol. The highest BCUT2D eigenvalue weighted by molar-refractivity contribution is 6.37. The Balaban J connectivity index is 2.05. The van der Waals surface area contributed by atoms with Gasteiger partial charge in [0, 0.05) is 24.5 Å². The fraction of sp³-hybridized carbons (Fsp3) is 0.222. The Morgan fingerprint density at radius 2 is 1.46 bits per heavy atom. The summed E-state index contributed by atoms with van der Waals surface area (Å²) >= 11 is 0. The molecular formula is C18H18N4O2. The Hall–Kier alpha value is -3.11. The molecule has 1 heterocycles. The van der Waals surface area contributed by atoms with Gasteiger partial charge >= 0.3 is 11.7 Å². The number of carbonyl (C=O) groups excluding carboxylic acids is 1. The molecule has 0 spiro atoms. The van der Waals surface area contributed by atoms with Crippen molar-refractivity contribution in [2.45, 2.75) is 6.17 Å². The topological polar surface area (TPSA) is 69.2 Å². The highest BCUT2D eigenvalue weighted by Gasteiger charge is 2.45. The summed E-state index contributed by atoms with van der Waals surface area (Å²) in [4.78, 5) is 19.4. The third-order valence-electron chi connectivity index (χ3n) is 4.09. The zero-order valence-corrected chi connectivity index (χ0v) is 13.4. The number of esters is 1. The number of hydrogen-bond acceptors (Lipinski definition) is 4. The van der Waals surface area contributed by atoms with Gasteiger partial charge in [-0.3, -0.25) is 0 Å². The van der Waals surface area contributed by atoms with Gasteiger partial charge in [-0.1, -0.05) is 36.4 Å². The number of nitrogens with zero attached hydrogens (tertiary/aromatic N) is 4. The van der Waals surface area contributed by atoms with Crippen LogP contribution in [0.25, 0.3) is 5.53 Å². The van der Waals surface area contributed by atoms with E-state index < -0.39 is 12.1 Å². The molecule has 1 aliphatic rings. The predicted molar refractivity (Wildman–Crippen MR) is 92.0 cm³/mol. The maximum atomic E-state index is 12.1. The second-order valence-electron chi connectivity index (χ2n) is 5.41. The van der Waals surface area contributed by atoms with Crippen LogP contribution in [-0.2, 0) is 9.53 Å². The number of hydrogen-bond donors (Lipinski definition) is 0. The third-order valence-corrected chi connectivity index (χ3v) is 4.09. The van der Waals surface area contributed by atoms with Gasteiger partial charge < -0.3 is 20.1 Å². The summed E-state index contributed by atoms with van der Waals surface area (Å²) in [5.74, 6) is -0.647. The van der Waals surface area contributed by atoms with Gasteiger partial charge in [-0.25, -0.2) is 4.79 Å². The highest BCUT2D eigenvalue weighted by atomic mass is 16.5. The van der Waals surface area contributed by atoms with Crippen molar-refractivity contribution in [1.82, 2.24) is 0 Å². The number of benzene rings is 2. The molecule has 0 unspecified atom stereocenters. The van der Waals surface area contributed by atoms with Crippen LogP contribution in [0.3, 0.4) is 0 Å². The zero-order chi connectivity index (χ0) is 16.9. The molecule has 6 nitrogen and oxygen atoms in total. The van der Waals surface area contributed by atoms with E-state index in [0.29, 0.717) is 13.1 Å². The lowest BCUT2D eigenvalue weighted by Gasteiger charge is -2.28. The smallest absolute Gasteiger partial charge is 0.421 e. The number of carbonyl (C=O) groups is 1. The summed E-state index contributed by atoms with van der Waals surface area (Å²) in [6, 6.07) is 19.5. The van der Waals surface area contributed by atoms with Crippen LogP contribution >= 0.6 is 0 Å². The van der Waals surface area contributed by atoms with Crippen LogP contribution in [0.4, 0.5) is 11.4 Å². The van der Waals surface area contributed by atoms with Gasteiger partial charge in [-0.15, -0.1) is 0 Å². The van der Waals surface area contributed by atoms with E-state index in [1.54, 1.807) is 0 Å². The Labute approximate surface area is 140 Å². The summed E-state index contributed by atoms with van der Waals surface area (Å²) in [7, 11) is 1.28. The molecule has 2 aromatic carbocycles. The second kappa shape index (κ2) is 6.98. The van der Waals surface area contributed by atoms with Crippen LogP contribution in [0.5, 0.6) is 0 Å². The number of anilines is 2. The molecule has 0 aromatic heterocycles. The lowest BCUT2D eigenvalue weighted by molar-refractivity contribution is -0.137. The average molecular weight is 322 g/mol. The largest absolute Gasteiger partial charge is 0.460 e. The van der Waals surface area contributed by atoms with E-state index in [1.807, 2.05) is 70.5 Å². The average Bonchev–Trinajstić information content (AvgIpc) is 3.08. The summed E-state index contributed by atoms with van der Waals surface area (Å²) < 4.78 is 4.80. The number of para-hydroxylation sites is 2. The van der Waals surface area contributed by atoms with Gasteiger partial charge in [0.2, 0.25) is 6.17 Å². The molecule has 0 radical (unpaired) electrons. The molecule has 122 valence electrons. The molecule has 1 saturated heterocycles. The van der Waals surface area contributed by atoms with Crippen molar-refractivity contribution in [2.24, 2.45) is 0 Å². The first-order valence-electron chi connectivity index (χ1n) is 7.70. The van der Waals surface area contributed by atoms with Gasteiger partial charge in [-0.2, -0.15) is 4.79 Å². The minimum atomic E-state index is -0.647. The normalized spacial score (nSPS) is 14.4. The summed E-state index contributed by atoms with van der Waals surface area (Å²) in [5.41, 5.74) is 11.3. The molecular weight excluding hydrogens is 304 g/mol. The van der Waals surface area contributed by atoms with Gasteiger partial charge in [0.1, 0.15) is 0 Å². The van der Waals surface area contributed by atoms with E-state index in [4.69, 9.17) is 4.74 Å². The molecule has 1 aliphatic heterocycles. The van der Waals surface area contributed by atoms with Crippen molar-refractivity contribution >= 4 is 23.1 Å². The molecule has 0 saturated carbocycles. The van der Waals surface area contributed by atoms with Gasteiger partial charge in [0.15, 0.2) is 0 Å². The standard InChI is InChI=1S/C18H18N4O2/c1-24-18(23)16(20-19)17-21(14-8-4-2-5-9-14)12-13-22(17)15-10-6-3-7-11-15/h2-11,17H,12-13H2,1H3. The predicted octanol–water partition coefficient (Wildman–Crippen LogP) is 2.18. The summed E-state index contributed by atoms with van der Waals surface area (Å²) in [6.07, 6.45) is -0.535. The summed E-state index contributed by atoms with van der Waals surface area (Å²) in [6.45, 7) is 1.39. The van der Waals surface area contributed by atoms with E-state index in [0.717, 1.165) is 11.4 Å². The Bertz CT molecular complexity index is 710. The van der Waals surface area contributed by atoms with Gasteiger partial charge in [-0.05, 0) is 24.3 Å². The van der Waals surface area contributed by atoms with E-state index in [1.165, 1.54) is 7.11 Å². The van der Waals surface area contributed by atoms with Crippen molar-refractivity contribution in [1.29, 1.82) is 0 Å². The fourth-order valence-corrected chi connectivity index (χ4v) is 3.01. The summed E-state index contributed by atoms with van der Waals surface area (Å²) in [5, 5.41) is 0. The first-order chi connectivity index (χ1) is 11.8. The maximum absolute atomic E-state index is 12.1. The third kappa shape index (κ3) is 2.87. The first kappa shape index (κ1) is 15.8. The van der Waals surface area contributed by atoms with Crippen LogP contribution in [0.1, 0.15) is 0 Å². The second-order valence-corrected chi connectivity index (χ2v) is 5.41. The molecule has 6 heteroatoms. The molecule has 0 atom stereocenters. The lowest BCUT2D eigenvalue weighted by Crippen LogP contribution is -2.49. The van der Waals surface area contributed by atoms with E-state index in [9.17, 15) is 10.3 Å². The van der Waals surface area contributed by atoms with Crippen molar-refractivity contribution < 1.29 is 14.3 Å². The van der Waals surface area contributed by atoms with E-state index >= 15 is 0 Å². The van der Waals surface area contributed by atoms with Crippen LogP contribution in [0.15, 0.2) is 60.7 Å². The Morgan fingerprint density at radius 1 is 1.00 bits per heavy atom. The SMILES string of the molecule is COC(=O)C(=[N+]=[N-])C1N(c2ccccc2)CCN1c1ccccc1. The minimum absolute atomic E-state index is 0.0392. The Morgan fingerprint density at radius 3 is 1.83 bits per heavy atom.